The van der Waals surface area contributed by atoms with Gasteiger partial charge in [-0.25, -0.2) is 0 Å². The Labute approximate surface area is 96.1 Å². The van der Waals surface area contributed by atoms with E-state index in [0.717, 1.165) is 0 Å². The second kappa shape index (κ2) is 3.46. The lowest BCUT2D eigenvalue weighted by Crippen LogP contribution is -2.44. The van der Waals surface area contributed by atoms with Crippen LogP contribution in [0.4, 0.5) is 0 Å². The molecule has 0 aromatic heterocycles. The molecule has 0 amide bonds. The van der Waals surface area contributed by atoms with Crippen molar-refractivity contribution in [1.82, 2.24) is 0 Å². The van der Waals surface area contributed by atoms with Crippen molar-refractivity contribution in [3.63, 3.8) is 0 Å². The highest BCUT2D eigenvalue weighted by Crippen LogP contribution is 2.40. The number of hydrogen-bond donors (Lipinski definition) is 1. The lowest BCUT2D eigenvalue weighted by molar-refractivity contribution is -0.152. The molecule has 2 rings (SSSR count). The third kappa shape index (κ3) is 1.74. The van der Waals surface area contributed by atoms with Crippen LogP contribution in [-0.2, 0) is 9.47 Å². The summed E-state index contributed by atoms with van der Waals surface area (Å²) in [6.45, 7) is 3.62. The van der Waals surface area contributed by atoms with Gasteiger partial charge >= 0.3 is 0 Å². The van der Waals surface area contributed by atoms with Crippen molar-refractivity contribution in [2.24, 2.45) is 0 Å². The molecule has 80 valence electrons. The van der Waals surface area contributed by atoms with Crippen LogP contribution in [0.1, 0.15) is 13.8 Å². The zero-order chi connectivity index (χ0) is 10.5. The fourth-order valence-electron chi connectivity index (χ4n) is 1.78. The maximum Gasteiger partial charge on any atom is 0.164 e. The molecule has 14 heavy (non-hydrogen) atoms. The lowest BCUT2D eigenvalue weighted by atomic mass is 9.99. The molecule has 0 unspecified atom stereocenters. The summed E-state index contributed by atoms with van der Waals surface area (Å²) in [4.78, 5) is -0.172. The highest BCUT2D eigenvalue weighted by molar-refractivity contribution is 9.09. The third-order valence-electron chi connectivity index (χ3n) is 2.38. The predicted octanol–water partition coefficient (Wildman–Crippen LogP) is 1.77. The first-order valence-corrected chi connectivity index (χ1v) is 5.75. The van der Waals surface area contributed by atoms with E-state index in [9.17, 15) is 5.11 Å². The van der Waals surface area contributed by atoms with Crippen LogP contribution in [0.15, 0.2) is 11.1 Å². The van der Waals surface area contributed by atoms with E-state index in [2.05, 4.69) is 15.9 Å². The normalized spacial score (nSPS) is 45.9. The number of aliphatic hydroxyl groups excluding tert-OH is 1. The summed E-state index contributed by atoms with van der Waals surface area (Å²) in [7, 11) is 0. The largest absolute Gasteiger partial charge is 0.389 e. The van der Waals surface area contributed by atoms with Crippen molar-refractivity contribution in [3.8, 4) is 0 Å². The fraction of sp³-hybridized carbons (Fsp3) is 0.778. The first-order valence-electron chi connectivity index (χ1n) is 4.46. The van der Waals surface area contributed by atoms with Gasteiger partial charge in [0.1, 0.15) is 12.2 Å². The second-order valence-electron chi connectivity index (χ2n) is 4.01. The Morgan fingerprint density at radius 2 is 2.14 bits per heavy atom. The fourth-order valence-corrected chi connectivity index (χ4v) is 2.82. The van der Waals surface area contributed by atoms with E-state index in [4.69, 9.17) is 21.1 Å². The van der Waals surface area contributed by atoms with Crippen LogP contribution < -0.4 is 0 Å². The van der Waals surface area contributed by atoms with Crippen LogP contribution in [0.25, 0.3) is 0 Å². The Bertz CT molecular complexity index is 279. The van der Waals surface area contributed by atoms with Crippen LogP contribution in [0, 0.1) is 0 Å². The van der Waals surface area contributed by atoms with E-state index in [0.29, 0.717) is 5.03 Å². The number of hydrogen-bond acceptors (Lipinski definition) is 3. The van der Waals surface area contributed by atoms with Gasteiger partial charge < -0.3 is 14.6 Å². The van der Waals surface area contributed by atoms with Gasteiger partial charge in [-0.2, -0.15) is 0 Å². The summed E-state index contributed by atoms with van der Waals surface area (Å²) < 4.78 is 11.2. The lowest BCUT2D eigenvalue weighted by Gasteiger charge is -2.29. The molecule has 4 atom stereocenters. The first-order chi connectivity index (χ1) is 6.41. The molecule has 1 N–H and O–H groups in total. The smallest absolute Gasteiger partial charge is 0.164 e. The van der Waals surface area contributed by atoms with Crippen molar-refractivity contribution >= 4 is 27.5 Å². The van der Waals surface area contributed by atoms with Crippen LogP contribution in [0.3, 0.4) is 0 Å². The van der Waals surface area contributed by atoms with Gasteiger partial charge in [-0.3, -0.25) is 0 Å². The number of halogens is 2. The Morgan fingerprint density at radius 3 is 2.79 bits per heavy atom. The minimum Gasteiger partial charge on any atom is -0.389 e. The van der Waals surface area contributed by atoms with Gasteiger partial charge in [0.25, 0.3) is 0 Å². The number of ether oxygens (including phenoxy) is 2. The minimum atomic E-state index is -0.679. The maximum absolute atomic E-state index is 9.84. The van der Waals surface area contributed by atoms with E-state index in [-0.39, 0.29) is 17.0 Å². The molecule has 1 fully saturated rings. The van der Waals surface area contributed by atoms with E-state index in [1.165, 1.54) is 0 Å². The number of rotatable bonds is 0. The zero-order valence-corrected chi connectivity index (χ0v) is 10.2. The monoisotopic (exact) mass is 282 g/mol. The Kier molecular flexibility index (Phi) is 2.69. The quantitative estimate of drug-likeness (QED) is 0.689. The van der Waals surface area contributed by atoms with Gasteiger partial charge in [0, 0.05) is 5.03 Å². The van der Waals surface area contributed by atoms with Gasteiger partial charge in [0.2, 0.25) is 0 Å². The summed E-state index contributed by atoms with van der Waals surface area (Å²) in [6.07, 6.45) is 0.407. The molecule has 1 heterocycles. The van der Waals surface area contributed by atoms with E-state index in [1.807, 2.05) is 13.8 Å². The van der Waals surface area contributed by atoms with Crippen molar-refractivity contribution in [1.29, 1.82) is 0 Å². The SMILES string of the molecule is CC1(C)O[C@H]2[C@H](O)[C@@H](Br)C=C(Cl)[C@H]2O1. The molecule has 0 aromatic rings. The van der Waals surface area contributed by atoms with Crippen molar-refractivity contribution < 1.29 is 14.6 Å². The number of fused-ring (bicyclic) bond motifs is 1. The first kappa shape index (κ1) is 10.9. The van der Waals surface area contributed by atoms with E-state index in [1.54, 1.807) is 6.08 Å². The molecule has 1 aliphatic heterocycles. The van der Waals surface area contributed by atoms with E-state index >= 15 is 0 Å². The van der Waals surface area contributed by atoms with E-state index < -0.39 is 11.9 Å². The maximum atomic E-state index is 9.84. The van der Waals surface area contributed by atoms with Crippen LogP contribution >= 0.6 is 27.5 Å². The molecule has 0 aromatic carbocycles. The summed E-state index contributed by atoms with van der Waals surface area (Å²) in [5, 5.41) is 10.4. The van der Waals surface area contributed by atoms with Gasteiger partial charge in [-0.1, -0.05) is 33.6 Å². The molecule has 5 heteroatoms. The summed E-state index contributed by atoms with van der Waals surface area (Å²) >= 11 is 9.34. The van der Waals surface area contributed by atoms with Crippen molar-refractivity contribution in [3.05, 3.63) is 11.1 Å². The highest BCUT2D eigenvalue weighted by Gasteiger charge is 2.49. The topological polar surface area (TPSA) is 38.7 Å². The molecule has 0 saturated carbocycles. The molecule has 2 aliphatic rings. The second-order valence-corrected chi connectivity index (χ2v) is 5.50. The standard InChI is InChI=1S/C9H12BrClO3/c1-9(2)13-7-5(11)3-4(10)6(12)8(7)14-9/h3-4,6-8,12H,1-2H3/t4-,6+,7+,8-/m0/s1. The van der Waals surface area contributed by atoms with Crippen molar-refractivity contribution in [2.75, 3.05) is 0 Å². The van der Waals surface area contributed by atoms with Gasteiger partial charge in [-0.05, 0) is 13.8 Å². The summed E-state index contributed by atoms with van der Waals surface area (Å²) in [5.41, 5.74) is 0. The zero-order valence-electron chi connectivity index (χ0n) is 7.91. The average Bonchev–Trinajstić information content (AvgIpc) is 2.38. The Morgan fingerprint density at radius 1 is 1.50 bits per heavy atom. The minimum absolute atomic E-state index is 0.172. The molecule has 0 spiro atoms. The Balaban J connectivity index is 2.27. The third-order valence-corrected chi connectivity index (χ3v) is 3.53. The van der Waals surface area contributed by atoms with Gasteiger partial charge in [0.05, 0.1) is 10.9 Å². The highest BCUT2D eigenvalue weighted by atomic mass is 79.9. The Hall–Kier alpha value is 0.390. The number of aliphatic hydroxyl groups is 1. The summed E-state index contributed by atoms with van der Waals surface area (Å²) in [5.74, 6) is -0.679. The average molecular weight is 284 g/mol. The van der Waals surface area contributed by atoms with Crippen LogP contribution in [0.2, 0.25) is 0 Å². The van der Waals surface area contributed by atoms with Gasteiger partial charge in [-0.15, -0.1) is 0 Å². The molecule has 0 radical (unpaired) electrons. The molecule has 1 saturated heterocycles. The predicted molar refractivity (Wildman–Crippen MR) is 56.5 cm³/mol. The molecular weight excluding hydrogens is 271 g/mol. The molecule has 1 aliphatic carbocycles. The van der Waals surface area contributed by atoms with Gasteiger partial charge in [0.15, 0.2) is 5.79 Å². The molecule has 0 bridgehead atoms. The number of alkyl halides is 1. The molecular formula is C9H12BrClO3. The summed E-state index contributed by atoms with van der Waals surface area (Å²) in [6, 6.07) is 0. The van der Waals surface area contributed by atoms with Crippen LogP contribution in [-0.4, -0.2) is 34.0 Å². The van der Waals surface area contributed by atoms with Crippen molar-refractivity contribution in [2.45, 2.75) is 42.8 Å². The molecule has 3 nitrogen and oxygen atoms in total. The van der Waals surface area contributed by atoms with Crippen LogP contribution in [0.5, 0.6) is 0 Å².